The van der Waals surface area contributed by atoms with E-state index in [0.717, 1.165) is 4.90 Å². The molecule has 0 bridgehead atoms. The molecule has 0 aromatic rings. The number of rotatable bonds is 22. The zero-order valence-electron chi connectivity index (χ0n) is 63.9. The molecular formula is C71H129N11O14S. The van der Waals surface area contributed by atoms with Gasteiger partial charge in [-0.15, -0.1) is 0 Å². The van der Waals surface area contributed by atoms with Gasteiger partial charge in [-0.3, -0.25) is 57.6 Å². The third kappa shape index (κ3) is 27.7. The summed E-state index contributed by atoms with van der Waals surface area (Å²) in [5.74, 6) is -9.28. The fraction of sp³-hybridized carbons (Fsp3) is 0.817. The molecule has 13 atom stereocenters. The largest absolute Gasteiger partial charge is 0.390 e. The molecule has 25 nitrogen and oxygen atoms in total. The molecule has 1 rings (SSSR count). The number of allylic oxidation sites excluding steroid dienone is 2. The van der Waals surface area contributed by atoms with Crippen molar-refractivity contribution >= 4 is 76.6 Å². The number of ketones is 1. The van der Waals surface area contributed by atoms with E-state index in [0.29, 0.717) is 25.0 Å². The number of hydrogen-bond donors (Lipinski definition) is 7. The Morgan fingerprint density at radius 3 is 1.45 bits per heavy atom. The molecule has 0 unspecified atom stereocenters. The molecule has 0 aromatic heterocycles. The van der Waals surface area contributed by atoms with E-state index in [4.69, 9.17) is 0 Å². The zero-order valence-corrected chi connectivity index (χ0v) is 64.7. The molecule has 10 amide bonds. The van der Waals surface area contributed by atoms with Gasteiger partial charge in [0.25, 0.3) is 0 Å². The van der Waals surface area contributed by atoms with Gasteiger partial charge >= 0.3 is 0 Å². The van der Waals surface area contributed by atoms with Crippen LogP contribution < -0.4 is 21.3 Å². The highest BCUT2D eigenvalue weighted by molar-refractivity contribution is 7.99. The average Bonchev–Trinajstić information content (AvgIpc) is 0.806. The number of amides is 10. The molecule has 1 fully saturated rings. The molecule has 1 aliphatic heterocycles. The number of carbonyl (C=O) groups is 11. The maximum absolute atomic E-state index is 15.4. The third-order valence-electron chi connectivity index (χ3n) is 18.2. The lowest BCUT2D eigenvalue weighted by Crippen LogP contribution is -2.64. The van der Waals surface area contributed by atoms with Crippen molar-refractivity contribution < 1.29 is 68.1 Å². The molecule has 1 heterocycles. The average molecular weight is 1390 g/mol. The minimum atomic E-state index is -1.65. The van der Waals surface area contributed by atoms with Gasteiger partial charge in [0.05, 0.1) is 29.9 Å². The molecule has 0 aliphatic carbocycles. The summed E-state index contributed by atoms with van der Waals surface area (Å²) >= 11 is 1.39. The van der Waals surface area contributed by atoms with Gasteiger partial charge in [0.15, 0.2) is 5.78 Å². The molecule has 558 valence electrons. The number of thioether (sulfide) groups is 1. The number of nitrogens with one attached hydrogen (secondary N) is 4. The Morgan fingerprint density at radius 1 is 0.515 bits per heavy atom. The molecule has 1 saturated heterocycles. The quantitative estimate of drug-likeness (QED) is 0.0581. The van der Waals surface area contributed by atoms with Crippen LogP contribution in [0.1, 0.15) is 189 Å². The van der Waals surface area contributed by atoms with Gasteiger partial charge in [-0.2, -0.15) is 11.8 Å². The maximum atomic E-state index is 15.4. The number of carbonyl (C=O) groups excluding carboxylic acids is 11. The highest BCUT2D eigenvalue weighted by atomic mass is 32.2. The van der Waals surface area contributed by atoms with Gasteiger partial charge in [-0.05, 0) is 148 Å². The first-order chi connectivity index (χ1) is 44.6. The van der Waals surface area contributed by atoms with E-state index < -0.39 is 173 Å². The topological polar surface area (TPSA) is 319 Å². The molecule has 0 radical (unpaired) electrons. The van der Waals surface area contributed by atoms with Crippen molar-refractivity contribution in [3.8, 4) is 0 Å². The van der Waals surface area contributed by atoms with Crippen molar-refractivity contribution in [2.45, 2.75) is 273 Å². The van der Waals surface area contributed by atoms with Gasteiger partial charge in [-0.25, -0.2) is 0 Å². The predicted molar refractivity (Wildman–Crippen MR) is 381 cm³/mol. The standard InChI is InChI=1S/C71H129N11O14S/c1-27-29-32-46(13)59(84)58-63(88)74-49(28-2)65(90)80(24)54(40-97-34-31-30-33-70(16,17)95)55(83)39-76(20)53(38-71(18,19)96)62(87)75-56(44(9)10)68(93)77(21)50(35-41(3)4)61(86)72-47(14)60(85)73-48(15)64(89)78(22)51(36-42(5)6)66(91)79(23)52(37-43(7)8)67(92)81(25)57(45(11)12)69(94)82(58)26/h27,29,41-54,56-59,84,95-96H,28,30-40H2,1-26H3,(H,72,86)(H,73,85)(H,74,88)(H,75,87)/t46-,47+,48-,49+,50+,51+,52+,53+,54-,56+,57+,58+,59-/m1/s1. The first-order valence-corrected chi connectivity index (χ1v) is 36.1. The van der Waals surface area contributed by atoms with Crippen molar-refractivity contribution in [1.29, 1.82) is 0 Å². The van der Waals surface area contributed by atoms with E-state index in [9.17, 15) is 39.3 Å². The van der Waals surface area contributed by atoms with E-state index in [2.05, 4.69) is 21.3 Å². The lowest BCUT2D eigenvalue weighted by atomic mass is 9.91. The van der Waals surface area contributed by atoms with Crippen LogP contribution in [0.4, 0.5) is 0 Å². The summed E-state index contributed by atoms with van der Waals surface area (Å²) in [4.78, 5) is 172. The minimum absolute atomic E-state index is 0.0118. The van der Waals surface area contributed by atoms with Crippen LogP contribution in [0.15, 0.2) is 12.2 Å². The normalized spacial score (nSPS) is 26.5. The molecule has 0 spiro atoms. The predicted octanol–water partition coefficient (Wildman–Crippen LogP) is 4.47. The Labute approximate surface area is 585 Å². The Bertz CT molecular complexity index is 2640. The number of hydrogen-bond acceptors (Lipinski definition) is 16. The number of unbranched alkanes of at least 4 members (excludes halogenated alkanes) is 1. The lowest BCUT2D eigenvalue weighted by Gasteiger charge is -2.41. The second kappa shape index (κ2) is 40.5. The Morgan fingerprint density at radius 2 is 0.979 bits per heavy atom. The summed E-state index contributed by atoms with van der Waals surface area (Å²) in [6.45, 7) is 32.0. The zero-order chi connectivity index (χ0) is 75.2. The SMILES string of the molecule is CC=CC[C@@H](C)[C@@H](O)[C@H]1C(=O)N[C@@H](CC)C(=O)N(C)[C@H](CSCCCCC(C)(C)O)C(=O)CN(C)[C@@H](CC(C)(C)O)C(=O)N[C@@H](C(C)C)C(=O)N(C)[C@@H](CC(C)C)C(=O)N[C@@H](C)C(=O)N[C@H](C)C(=O)N(C)[C@@H](CC(C)C)C(=O)N(C)[C@@H](CC(C)C)C(=O)N(C)[C@@H](C(C)C)C(=O)N1C. The Balaban J connectivity index is 4.51. The minimum Gasteiger partial charge on any atom is -0.390 e. The second-order valence-corrected chi connectivity index (χ2v) is 31.6. The Hall–Kier alpha value is -5.70. The molecule has 7 N–H and O–H groups in total. The highest BCUT2D eigenvalue weighted by Gasteiger charge is 2.46. The number of aliphatic hydroxyl groups excluding tert-OH is 1. The van der Waals surface area contributed by atoms with E-state index >= 15 is 28.8 Å². The smallest absolute Gasteiger partial charge is 0.246 e. The van der Waals surface area contributed by atoms with Gasteiger partial charge in [-0.1, -0.05) is 95.2 Å². The van der Waals surface area contributed by atoms with E-state index in [-0.39, 0.29) is 62.0 Å². The van der Waals surface area contributed by atoms with Crippen molar-refractivity contribution in [3.63, 3.8) is 0 Å². The molecule has 97 heavy (non-hydrogen) atoms. The highest BCUT2D eigenvalue weighted by Crippen LogP contribution is 2.27. The number of Topliss-reactive ketones (excluding diaryl/α,β-unsaturated/α-hetero) is 1. The van der Waals surface area contributed by atoms with Crippen LogP contribution in [0.2, 0.25) is 0 Å². The first-order valence-electron chi connectivity index (χ1n) is 35.0. The number of nitrogens with zero attached hydrogens (tertiary/aromatic N) is 7. The van der Waals surface area contributed by atoms with Gasteiger partial charge in [0.2, 0.25) is 59.1 Å². The van der Waals surface area contributed by atoms with Crippen LogP contribution in [0.25, 0.3) is 0 Å². The van der Waals surface area contributed by atoms with Gasteiger partial charge in [0.1, 0.15) is 60.4 Å². The van der Waals surface area contributed by atoms with E-state index in [1.54, 1.807) is 74.5 Å². The monoisotopic (exact) mass is 1390 g/mol. The van der Waals surface area contributed by atoms with Crippen LogP contribution in [0.5, 0.6) is 0 Å². The lowest BCUT2D eigenvalue weighted by molar-refractivity contribution is -0.157. The first kappa shape index (κ1) is 89.3. The van der Waals surface area contributed by atoms with Gasteiger partial charge < -0.3 is 66.0 Å². The molecular weight excluding hydrogens is 1260 g/mol. The summed E-state index contributed by atoms with van der Waals surface area (Å²) in [7, 11) is 10.0. The maximum Gasteiger partial charge on any atom is 0.246 e. The Kier molecular flexibility index (Phi) is 37.3. The molecule has 26 heteroatoms. The number of aliphatic hydroxyl groups is 3. The molecule has 1 aliphatic rings. The summed E-state index contributed by atoms with van der Waals surface area (Å²) in [5.41, 5.74) is -2.41. The van der Waals surface area contributed by atoms with E-state index in [1.165, 1.54) is 118 Å². The van der Waals surface area contributed by atoms with E-state index in [1.807, 2.05) is 41.5 Å². The summed E-state index contributed by atoms with van der Waals surface area (Å²) < 4.78 is 0. The molecule has 0 saturated carbocycles. The fourth-order valence-corrected chi connectivity index (χ4v) is 13.3. The van der Waals surface area contributed by atoms with Crippen molar-refractivity contribution in [2.24, 2.45) is 35.5 Å². The van der Waals surface area contributed by atoms with Crippen molar-refractivity contribution in [2.75, 3.05) is 67.4 Å². The second-order valence-electron chi connectivity index (χ2n) is 30.5. The van der Waals surface area contributed by atoms with Crippen LogP contribution >= 0.6 is 11.8 Å². The van der Waals surface area contributed by atoms with Crippen LogP contribution in [-0.2, 0) is 52.7 Å². The van der Waals surface area contributed by atoms with Crippen LogP contribution in [0.3, 0.4) is 0 Å². The van der Waals surface area contributed by atoms with Crippen LogP contribution in [0, 0.1) is 35.5 Å². The molecule has 0 aromatic carbocycles. The summed E-state index contributed by atoms with van der Waals surface area (Å²) in [6, 6.07) is -14.0. The third-order valence-corrected chi connectivity index (χ3v) is 19.3. The van der Waals surface area contributed by atoms with Crippen LogP contribution in [-0.4, -0.2) is 266 Å². The number of likely N-dealkylation sites (N-methyl/N-ethyl adjacent to an activating group) is 7. The van der Waals surface area contributed by atoms with Crippen molar-refractivity contribution in [1.82, 2.24) is 55.6 Å². The summed E-state index contributed by atoms with van der Waals surface area (Å²) in [6.07, 6.45) is 4.34. The van der Waals surface area contributed by atoms with Gasteiger partial charge in [0, 0.05) is 54.5 Å². The summed E-state index contributed by atoms with van der Waals surface area (Å²) in [5, 5.41) is 45.1. The van der Waals surface area contributed by atoms with Crippen molar-refractivity contribution in [3.05, 3.63) is 12.2 Å². The fourth-order valence-electron chi connectivity index (χ4n) is 12.1.